The first kappa shape index (κ1) is 11.5. The molecule has 1 rings (SSSR count). The lowest BCUT2D eigenvalue weighted by atomic mass is 10.1. The maximum atomic E-state index is 11.7. The highest BCUT2D eigenvalue weighted by Crippen LogP contribution is 2.05. The van der Waals surface area contributed by atoms with Crippen LogP contribution in [-0.2, 0) is 4.79 Å². The fourth-order valence-electron chi connectivity index (χ4n) is 1.90. The van der Waals surface area contributed by atoms with Crippen LogP contribution in [0.15, 0.2) is 0 Å². The number of carbonyl (C=O) groups is 1. The normalized spacial score (nSPS) is 20.4. The molecule has 0 saturated carbocycles. The smallest absolute Gasteiger partial charge is 0.237 e. The quantitative estimate of drug-likeness (QED) is 0.659. The molecule has 0 spiro atoms. The van der Waals surface area contributed by atoms with E-state index < -0.39 is 0 Å². The van der Waals surface area contributed by atoms with E-state index >= 15 is 0 Å². The van der Waals surface area contributed by atoms with Crippen LogP contribution in [0.4, 0.5) is 0 Å². The van der Waals surface area contributed by atoms with Crippen molar-refractivity contribution < 1.29 is 4.79 Å². The van der Waals surface area contributed by atoms with Crippen LogP contribution in [0.3, 0.4) is 0 Å². The Morgan fingerprint density at radius 1 is 1.43 bits per heavy atom. The zero-order valence-corrected chi connectivity index (χ0v) is 9.18. The van der Waals surface area contributed by atoms with Crippen molar-refractivity contribution in [3.05, 3.63) is 0 Å². The number of likely N-dealkylation sites (N-methyl/N-ethyl adjacent to an activating group) is 1. The minimum absolute atomic E-state index is 0.0667. The molecule has 1 atom stereocenters. The first-order valence-corrected chi connectivity index (χ1v) is 5.52. The van der Waals surface area contributed by atoms with Gasteiger partial charge in [-0.2, -0.15) is 0 Å². The molecule has 14 heavy (non-hydrogen) atoms. The van der Waals surface area contributed by atoms with Gasteiger partial charge in [0.15, 0.2) is 0 Å². The minimum Gasteiger partial charge on any atom is -0.355 e. The molecular weight excluding hydrogens is 178 g/mol. The van der Waals surface area contributed by atoms with Crippen molar-refractivity contribution in [1.29, 1.82) is 0 Å². The Labute approximate surface area is 86.0 Å². The number of piperazine rings is 1. The van der Waals surface area contributed by atoms with E-state index in [1.54, 1.807) is 0 Å². The zero-order valence-electron chi connectivity index (χ0n) is 9.18. The highest BCUT2D eigenvalue weighted by molar-refractivity contribution is 5.81. The summed E-state index contributed by atoms with van der Waals surface area (Å²) in [6.45, 7) is 8.71. The van der Waals surface area contributed by atoms with Crippen molar-refractivity contribution in [1.82, 2.24) is 15.5 Å². The van der Waals surface area contributed by atoms with Gasteiger partial charge in [-0.05, 0) is 13.3 Å². The summed E-state index contributed by atoms with van der Waals surface area (Å²) in [6, 6.07) is 0.0667. The second-order valence-electron chi connectivity index (χ2n) is 3.60. The third-order valence-corrected chi connectivity index (χ3v) is 2.63. The molecule has 0 aromatic heterocycles. The maximum Gasteiger partial charge on any atom is 0.237 e. The number of nitrogens with zero attached hydrogens (tertiary/aromatic N) is 1. The van der Waals surface area contributed by atoms with E-state index in [9.17, 15) is 4.79 Å². The maximum absolute atomic E-state index is 11.7. The number of nitrogens with one attached hydrogen (secondary N) is 2. The van der Waals surface area contributed by atoms with Crippen molar-refractivity contribution in [3.63, 3.8) is 0 Å². The summed E-state index contributed by atoms with van der Waals surface area (Å²) in [6.07, 6.45) is 0.895. The lowest BCUT2D eigenvalue weighted by Gasteiger charge is -2.33. The molecule has 0 aliphatic carbocycles. The monoisotopic (exact) mass is 199 g/mol. The van der Waals surface area contributed by atoms with Crippen LogP contribution in [-0.4, -0.2) is 49.6 Å². The van der Waals surface area contributed by atoms with Crippen LogP contribution in [0.5, 0.6) is 0 Å². The molecule has 1 fully saturated rings. The van der Waals surface area contributed by atoms with Crippen LogP contribution in [0.25, 0.3) is 0 Å². The molecule has 1 saturated heterocycles. The Morgan fingerprint density at radius 3 is 2.57 bits per heavy atom. The first-order valence-electron chi connectivity index (χ1n) is 5.52. The van der Waals surface area contributed by atoms with Crippen LogP contribution >= 0.6 is 0 Å². The Bertz CT molecular complexity index is 178. The molecule has 82 valence electrons. The largest absolute Gasteiger partial charge is 0.355 e. The highest BCUT2D eigenvalue weighted by Gasteiger charge is 2.24. The molecule has 1 amide bonds. The van der Waals surface area contributed by atoms with Crippen molar-refractivity contribution in [2.45, 2.75) is 26.3 Å². The summed E-state index contributed by atoms with van der Waals surface area (Å²) in [5.74, 6) is 0.178. The Hall–Kier alpha value is -0.610. The van der Waals surface area contributed by atoms with Crippen LogP contribution < -0.4 is 10.6 Å². The molecule has 1 aliphatic rings. The fraction of sp³-hybridized carbons (Fsp3) is 0.900. The summed E-state index contributed by atoms with van der Waals surface area (Å²) >= 11 is 0. The molecule has 0 radical (unpaired) electrons. The minimum atomic E-state index is 0.0667. The topological polar surface area (TPSA) is 44.4 Å². The van der Waals surface area contributed by atoms with E-state index in [1.807, 2.05) is 6.92 Å². The van der Waals surface area contributed by atoms with Crippen LogP contribution in [0, 0.1) is 0 Å². The van der Waals surface area contributed by atoms with E-state index in [2.05, 4.69) is 22.5 Å². The fourth-order valence-corrected chi connectivity index (χ4v) is 1.90. The van der Waals surface area contributed by atoms with Crippen molar-refractivity contribution in [2.24, 2.45) is 0 Å². The van der Waals surface area contributed by atoms with E-state index in [0.717, 1.165) is 39.1 Å². The number of hydrogen-bond donors (Lipinski definition) is 2. The molecule has 4 heteroatoms. The van der Waals surface area contributed by atoms with E-state index in [-0.39, 0.29) is 11.9 Å². The van der Waals surface area contributed by atoms with Gasteiger partial charge in [0.1, 0.15) is 0 Å². The Balaban J connectivity index is 2.46. The third kappa shape index (κ3) is 2.96. The predicted octanol–water partition coefficient (Wildman–Crippen LogP) is -0.194. The average molecular weight is 199 g/mol. The van der Waals surface area contributed by atoms with Crippen molar-refractivity contribution in [3.8, 4) is 0 Å². The van der Waals surface area contributed by atoms with Crippen LogP contribution in [0.2, 0.25) is 0 Å². The third-order valence-electron chi connectivity index (χ3n) is 2.63. The van der Waals surface area contributed by atoms with E-state index in [4.69, 9.17) is 0 Å². The van der Waals surface area contributed by atoms with E-state index in [0.29, 0.717) is 0 Å². The molecule has 2 N–H and O–H groups in total. The zero-order chi connectivity index (χ0) is 10.4. The average Bonchev–Trinajstić information content (AvgIpc) is 2.21. The van der Waals surface area contributed by atoms with Crippen molar-refractivity contribution in [2.75, 3.05) is 32.7 Å². The van der Waals surface area contributed by atoms with Gasteiger partial charge in [-0.25, -0.2) is 0 Å². The second kappa shape index (κ2) is 5.98. The summed E-state index contributed by atoms with van der Waals surface area (Å²) in [4.78, 5) is 14.0. The number of hydrogen-bond acceptors (Lipinski definition) is 3. The molecule has 1 aliphatic heterocycles. The summed E-state index contributed by atoms with van der Waals surface area (Å²) < 4.78 is 0. The van der Waals surface area contributed by atoms with Gasteiger partial charge >= 0.3 is 0 Å². The number of carbonyl (C=O) groups excluding carboxylic acids is 1. The lowest BCUT2D eigenvalue weighted by molar-refractivity contribution is -0.126. The molecular formula is C10H21N3O. The van der Waals surface area contributed by atoms with Gasteiger partial charge in [-0.15, -0.1) is 0 Å². The van der Waals surface area contributed by atoms with Crippen molar-refractivity contribution >= 4 is 5.91 Å². The Kier molecular flexibility index (Phi) is 4.90. The molecule has 1 heterocycles. The van der Waals surface area contributed by atoms with Crippen LogP contribution in [0.1, 0.15) is 20.3 Å². The summed E-state index contributed by atoms with van der Waals surface area (Å²) in [5.41, 5.74) is 0. The highest BCUT2D eigenvalue weighted by atomic mass is 16.2. The van der Waals surface area contributed by atoms with Gasteiger partial charge in [0.2, 0.25) is 5.91 Å². The first-order chi connectivity index (χ1) is 6.79. The summed E-state index contributed by atoms with van der Waals surface area (Å²) in [7, 11) is 0. The van der Waals surface area contributed by atoms with Gasteiger partial charge in [0.05, 0.1) is 6.04 Å². The molecule has 4 nitrogen and oxygen atoms in total. The molecule has 0 aromatic rings. The standard InChI is InChI=1S/C10H21N3O/c1-3-9(10(14)12-4-2)13-7-5-11-6-8-13/h9,11H,3-8H2,1-2H3,(H,12,14)/t9-/m0/s1. The van der Waals surface area contributed by atoms with Gasteiger partial charge in [0.25, 0.3) is 0 Å². The molecule has 0 unspecified atom stereocenters. The SMILES string of the molecule is CCNC(=O)[C@H](CC)N1CCNCC1. The van der Waals surface area contributed by atoms with Gasteiger partial charge in [-0.1, -0.05) is 6.92 Å². The molecule has 0 aromatic carbocycles. The predicted molar refractivity (Wildman–Crippen MR) is 57.2 cm³/mol. The second-order valence-corrected chi connectivity index (χ2v) is 3.60. The van der Waals surface area contributed by atoms with Gasteiger partial charge in [-0.3, -0.25) is 9.69 Å². The number of rotatable bonds is 4. The van der Waals surface area contributed by atoms with E-state index in [1.165, 1.54) is 0 Å². The number of amides is 1. The Morgan fingerprint density at radius 2 is 2.07 bits per heavy atom. The summed E-state index contributed by atoms with van der Waals surface area (Å²) in [5, 5.41) is 6.18. The lowest BCUT2D eigenvalue weighted by Crippen LogP contribution is -2.53. The van der Waals surface area contributed by atoms with Gasteiger partial charge < -0.3 is 10.6 Å². The molecule has 0 bridgehead atoms. The van der Waals surface area contributed by atoms with Gasteiger partial charge in [0, 0.05) is 32.7 Å².